The molecule has 2 aromatic rings. The van der Waals surface area contributed by atoms with Crippen LogP contribution in [0.3, 0.4) is 0 Å². The van der Waals surface area contributed by atoms with Gasteiger partial charge in [-0.3, -0.25) is 4.79 Å². The van der Waals surface area contributed by atoms with E-state index in [4.69, 9.17) is 16.7 Å². The SMILES string of the molecule is O=C(O)/C=C/CNCCCCN1c2cc(Cl)ccc2C(=O)N(CCCO)c2ccccc21. The summed E-state index contributed by atoms with van der Waals surface area (Å²) in [5, 5.41) is 21.7. The zero-order valence-electron chi connectivity index (χ0n) is 17.8. The van der Waals surface area contributed by atoms with Gasteiger partial charge in [0.2, 0.25) is 0 Å². The summed E-state index contributed by atoms with van der Waals surface area (Å²) in [5.74, 6) is -1.06. The van der Waals surface area contributed by atoms with Crippen LogP contribution < -0.4 is 15.1 Å². The van der Waals surface area contributed by atoms with Crippen LogP contribution in [0.1, 0.15) is 29.6 Å². The predicted octanol–water partition coefficient (Wildman–Crippen LogP) is 3.83. The van der Waals surface area contributed by atoms with Crippen molar-refractivity contribution in [1.29, 1.82) is 0 Å². The van der Waals surface area contributed by atoms with Crippen LogP contribution in [0.4, 0.5) is 17.1 Å². The number of hydrogen-bond donors (Lipinski definition) is 3. The lowest BCUT2D eigenvalue weighted by molar-refractivity contribution is -0.131. The Morgan fingerprint density at radius 1 is 1.00 bits per heavy atom. The molecule has 0 bridgehead atoms. The maximum absolute atomic E-state index is 13.4. The molecule has 0 radical (unpaired) electrons. The summed E-state index contributed by atoms with van der Waals surface area (Å²) in [5.41, 5.74) is 3.10. The zero-order chi connectivity index (χ0) is 22.9. The number of benzene rings is 2. The third kappa shape index (κ3) is 5.88. The summed E-state index contributed by atoms with van der Waals surface area (Å²) in [7, 11) is 0. The van der Waals surface area contributed by atoms with Crippen molar-refractivity contribution in [3.63, 3.8) is 0 Å². The fourth-order valence-corrected chi connectivity index (χ4v) is 3.94. The van der Waals surface area contributed by atoms with Crippen molar-refractivity contribution in [2.45, 2.75) is 19.3 Å². The lowest BCUT2D eigenvalue weighted by Gasteiger charge is -2.27. The van der Waals surface area contributed by atoms with Gasteiger partial charge in [0, 0.05) is 37.3 Å². The Morgan fingerprint density at radius 2 is 1.72 bits per heavy atom. The van der Waals surface area contributed by atoms with Gasteiger partial charge in [-0.05, 0) is 56.1 Å². The number of unbranched alkanes of at least 4 members (excludes halogenated alkanes) is 1. The number of carbonyl (C=O) groups excluding carboxylic acids is 1. The van der Waals surface area contributed by atoms with Crippen molar-refractivity contribution in [3.05, 3.63) is 65.2 Å². The summed E-state index contributed by atoms with van der Waals surface area (Å²) in [6.45, 7) is 2.39. The molecule has 7 nitrogen and oxygen atoms in total. The van der Waals surface area contributed by atoms with E-state index >= 15 is 0 Å². The molecule has 32 heavy (non-hydrogen) atoms. The normalized spacial score (nSPS) is 13.2. The number of anilines is 3. The summed E-state index contributed by atoms with van der Waals surface area (Å²) in [6.07, 6.45) is 4.95. The molecule has 2 aromatic carbocycles. The van der Waals surface area contributed by atoms with E-state index in [2.05, 4.69) is 10.2 Å². The molecule has 0 spiro atoms. The molecule has 1 aliphatic rings. The van der Waals surface area contributed by atoms with Gasteiger partial charge in [-0.25, -0.2) is 4.79 Å². The molecule has 0 aromatic heterocycles. The van der Waals surface area contributed by atoms with Crippen molar-refractivity contribution >= 4 is 40.5 Å². The quantitative estimate of drug-likeness (QED) is 0.351. The van der Waals surface area contributed by atoms with E-state index in [0.29, 0.717) is 36.6 Å². The van der Waals surface area contributed by atoms with Gasteiger partial charge in [0.15, 0.2) is 0 Å². The fraction of sp³-hybridized carbons (Fsp3) is 0.333. The Kier molecular flexibility index (Phi) is 8.67. The van der Waals surface area contributed by atoms with Crippen molar-refractivity contribution in [2.24, 2.45) is 0 Å². The number of amides is 1. The number of aliphatic hydroxyl groups is 1. The van der Waals surface area contributed by atoms with E-state index in [9.17, 15) is 14.7 Å². The van der Waals surface area contributed by atoms with Gasteiger partial charge in [0.25, 0.3) is 5.91 Å². The van der Waals surface area contributed by atoms with E-state index in [0.717, 1.165) is 42.5 Å². The van der Waals surface area contributed by atoms with Crippen LogP contribution in [0, 0.1) is 0 Å². The minimum atomic E-state index is -0.952. The predicted molar refractivity (Wildman–Crippen MR) is 127 cm³/mol. The van der Waals surface area contributed by atoms with Crippen molar-refractivity contribution in [3.8, 4) is 0 Å². The van der Waals surface area contributed by atoms with E-state index in [1.165, 1.54) is 0 Å². The largest absolute Gasteiger partial charge is 0.478 e. The Bertz CT molecular complexity index is 979. The number of carbonyl (C=O) groups is 2. The molecule has 0 aliphatic carbocycles. The molecule has 3 N–H and O–H groups in total. The Morgan fingerprint density at radius 3 is 2.44 bits per heavy atom. The average Bonchev–Trinajstić information content (AvgIpc) is 2.87. The van der Waals surface area contributed by atoms with Gasteiger partial charge in [-0.2, -0.15) is 0 Å². The second-order valence-electron chi connectivity index (χ2n) is 7.49. The molecular weight excluding hydrogens is 430 g/mol. The highest BCUT2D eigenvalue weighted by Crippen LogP contribution is 2.41. The number of hydrogen-bond acceptors (Lipinski definition) is 5. The minimum absolute atomic E-state index is 0.0117. The Labute approximate surface area is 192 Å². The Balaban J connectivity index is 1.80. The number of nitrogens with zero attached hydrogens (tertiary/aromatic N) is 2. The highest BCUT2D eigenvalue weighted by atomic mass is 35.5. The van der Waals surface area contributed by atoms with Gasteiger partial charge < -0.3 is 25.3 Å². The molecule has 170 valence electrons. The summed E-state index contributed by atoms with van der Waals surface area (Å²) in [4.78, 5) is 27.8. The average molecular weight is 458 g/mol. The van der Waals surface area contributed by atoms with Crippen molar-refractivity contribution in [2.75, 3.05) is 42.6 Å². The monoisotopic (exact) mass is 457 g/mol. The number of nitrogens with one attached hydrogen (secondary N) is 1. The summed E-state index contributed by atoms with van der Waals surface area (Å²) >= 11 is 6.30. The van der Waals surface area contributed by atoms with E-state index in [-0.39, 0.29) is 12.5 Å². The molecule has 0 atom stereocenters. The van der Waals surface area contributed by atoms with Crippen molar-refractivity contribution in [1.82, 2.24) is 5.32 Å². The maximum atomic E-state index is 13.4. The second kappa shape index (κ2) is 11.7. The number of aliphatic carboxylic acids is 1. The molecule has 1 amide bonds. The Hall–Kier alpha value is -2.87. The number of aliphatic hydroxyl groups excluding tert-OH is 1. The topological polar surface area (TPSA) is 93.1 Å². The summed E-state index contributed by atoms with van der Waals surface area (Å²) in [6, 6.07) is 13.1. The molecular formula is C24H28ClN3O4. The maximum Gasteiger partial charge on any atom is 0.328 e. The molecule has 0 unspecified atom stereocenters. The van der Waals surface area contributed by atoms with Gasteiger partial charge in [-0.15, -0.1) is 0 Å². The number of rotatable bonds is 11. The molecule has 8 heteroatoms. The first kappa shape index (κ1) is 23.8. The number of para-hydroxylation sites is 2. The smallest absolute Gasteiger partial charge is 0.328 e. The molecule has 1 aliphatic heterocycles. The first-order valence-corrected chi connectivity index (χ1v) is 11.1. The van der Waals surface area contributed by atoms with E-state index in [1.807, 2.05) is 30.3 Å². The van der Waals surface area contributed by atoms with Gasteiger partial charge in [0.05, 0.1) is 22.6 Å². The number of carboxylic acids is 1. The van der Waals surface area contributed by atoms with Crippen LogP contribution in [0.25, 0.3) is 0 Å². The second-order valence-corrected chi connectivity index (χ2v) is 7.92. The third-order valence-corrected chi connectivity index (χ3v) is 5.47. The third-order valence-electron chi connectivity index (χ3n) is 5.24. The van der Waals surface area contributed by atoms with Gasteiger partial charge in [0.1, 0.15) is 0 Å². The van der Waals surface area contributed by atoms with Crippen LogP contribution in [-0.2, 0) is 4.79 Å². The first-order chi connectivity index (χ1) is 15.5. The highest BCUT2D eigenvalue weighted by molar-refractivity contribution is 6.31. The number of fused-ring (bicyclic) bond motifs is 2. The van der Waals surface area contributed by atoms with Gasteiger partial charge >= 0.3 is 5.97 Å². The lowest BCUT2D eigenvalue weighted by atomic mass is 10.1. The van der Waals surface area contributed by atoms with Crippen LogP contribution in [0.5, 0.6) is 0 Å². The van der Waals surface area contributed by atoms with Crippen molar-refractivity contribution < 1.29 is 19.8 Å². The van der Waals surface area contributed by atoms with Gasteiger partial charge in [-0.1, -0.05) is 29.8 Å². The molecule has 0 saturated heterocycles. The molecule has 1 heterocycles. The van der Waals surface area contributed by atoms with E-state index in [1.54, 1.807) is 23.1 Å². The van der Waals surface area contributed by atoms with Crippen LogP contribution in [0.2, 0.25) is 5.02 Å². The molecule has 3 rings (SSSR count). The van der Waals surface area contributed by atoms with Crippen LogP contribution in [-0.4, -0.2) is 54.9 Å². The summed E-state index contributed by atoms with van der Waals surface area (Å²) < 4.78 is 0. The zero-order valence-corrected chi connectivity index (χ0v) is 18.6. The van der Waals surface area contributed by atoms with Crippen LogP contribution in [0.15, 0.2) is 54.6 Å². The molecule has 0 saturated carbocycles. The standard InChI is InChI=1S/C24H28ClN3O4/c25-18-10-11-19-22(17-18)27(14-4-3-12-26-13-5-9-23(30)31)20-7-1-2-8-21(20)28(24(19)32)15-6-16-29/h1-2,5,7-11,17,26,29H,3-4,6,12-16H2,(H,30,31)/b9-5+. The highest BCUT2D eigenvalue weighted by Gasteiger charge is 2.30. The van der Waals surface area contributed by atoms with Crippen LogP contribution >= 0.6 is 11.6 Å². The fourth-order valence-electron chi connectivity index (χ4n) is 3.77. The minimum Gasteiger partial charge on any atom is -0.478 e. The molecule has 0 fully saturated rings. The number of carboxylic acid groups (broad SMARTS) is 1. The lowest BCUT2D eigenvalue weighted by Crippen LogP contribution is -2.31. The van der Waals surface area contributed by atoms with E-state index < -0.39 is 5.97 Å². The number of halogens is 1. The first-order valence-electron chi connectivity index (χ1n) is 10.7.